The number of sulfone groups is 1. The fourth-order valence-electron chi connectivity index (χ4n) is 4.15. The van der Waals surface area contributed by atoms with Crippen molar-refractivity contribution in [3.8, 4) is 0 Å². The Morgan fingerprint density at radius 3 is 2.48 bits per heavy atom. The van der Waals surface area contributed by atoms with Crippen molar-refractivity contribution < 1.29 is 13.2 Å². The number of ketones is 1. The van der Waals surface area contributed by atoms with E-state index in [0.717, 1.165) is 17.3 Å². The summed E-state index contributed by atoms with van der Waals surface area (Å²) in [5.74, 6) is -0.137. The van der Waals surface area contributed by atoms with Crippen LogP contribution in [-0.4, -0.2) is 29.7 Å². The van der Waals surface area contributed by atoms with Crippen molar-refractivity contribution >= 4 is 26.5 Å². The van der Waals surface area contributed by atoms with E-state index < -0.39 is 9.84 Å². The number of Topliss-reactive ketones (excluding diaryl/α,β-unsaturated/α-hetero) is 1. The summed E-state index contributed by atoms with van der Waals surface area (Å²) in [5, 5.41) is 0.292. The number of rotatable bonds is 2. The van der Waals surface area contributed by atoms with Crippen molar-refractivity contribution in [3.05, 3.63) is 42.1 Å². The molecular formula is C18H19NO3S. The molecule has 3 heterocycles. The van der Waals surface area contributed by atoms with Crippen LogP contribution < -0.4 is 0 Å². The molecule has 2 saturated heterocycles. The van der Waals surface area contributed by atoms with Crippen LogP contribution in [0.15, 0.2) is 36.5 Å². The summed E-state index contributed by atoms with van der Waals surface area (Å²) in [5.41, 5.74) is 1.35. The Bertz CT molecular complexity index is 849. The minimum atomic E-state index is -3.02. The maximum absolute atomic E-state index is 13.0. The second kappa shape index (κ2) is 5.41. The first kappa shape index (κ1) is 14.8. The molecule has 4 nitrogen and oxygen atoms in total. The van der Waals surface area contributed by atoms with Gasteiger partial charge in [-0.15, -0.1) is 0 Å². The number of benzene rings is 1. The van der Waals surface area contributed by atoms with Gasteiger partial charge in [0, 0.05) is 23.1 Å². The molecular weight excluding hydrogens is 310 g/mol. The van der Waals surface area contributed by atoms with Crippen LogP contribution in [0.3, 0.4) is 0 Å². The number of hydrogen-bond donors (Lipinski definition) is 0. The van der Waals surface area contributed by atoms with Crippen molar-refractivity contribution in [2.24, 2.45) is 5.92 Å². The predicted octanol–water partition coefficient (Wildman–Crippen LogP) is 3.16. The Labute approximate surface area is 135 Å². The summed E-state index contributed by atoms with van der Waals surface area (Å²) in [6, 6.07) is 9.43. The van der Waals surface area contributed by atoms with Crippen LogP contribution in [0.25, 0.3) is 10.9 Å². The highest BCUT2D eigenvalue weighted by Gasteiger charge is 2.46. The van der Waals surface area contributed by atoms with Crippen molar-refractivity contribution in [3.63, 3.8) is 0 Å². The molecule has 0 amide bonds. The lowest BCUT2D eigenvalue weighted by Crippen LogP contribution is -2.45. The molecule has 120 valence electrons. The first-order chi connectivity index (χ1) is 11.1. The summed E-state index contributed by atoms with van der Waals surface area (Å²) in [6.07, 6.45) is 5.01. The largest absolute Gasteiger partial charge is 0.294 e. The Morgan fingerprint density at radius 2 is 1.74 bits per heavy atom. The Morgan fingerprint density at radius 1 is 1.04 bits per heavy atom. The molecule has 23 heavy (non-hydrogen) atoms. The van der Waals surface area contributed by atoms with Gasteiger partial charge in [-0.2, -0.15) is 0 Å². The summed E-state index contributed by atoms with van der Waals surface area (Å²) in [7, 11) is -3.02. The summed E-state index contributed by atoms with van der Waals surface area (Å²) < 4.78 is 24.8. The van der Waals surface area contributed by atoms with Gasteiger partial charge in [0.15, 0.2) is 15.6 Å². The molecule has 2 fully saturated rings. The van der Waals surface area contributed by atoms with Gasteiger partial charge in [-0.1, -0.05) is 24.6 Å². The van der Waals surface area contributed by atoms with Crippen LogP contribution in [0, 0.1) is 5.92 Å². The molecule has 2 aliphatic heterocycles. The van der Waals surface area contributed by atoms with Gasteiger partial charge in [-0.25, -0.2) is 8.42 Å². The zero-order valence-electron chi connectivity index (χ0n) is 12.8. The van der Waals surface area contributed by atoms with E-state index in [0.29, 0.717) is 31.2 Å². The lowest BCUT2D eigenvalue weighted by atomic mass is 9.84. The Hall–Kier alpha value is -1.75. The Balaban J connectivity index is 1.70. The van der Waals surface area contributed by atoms with E-state index in [4.69, 9.17) is 0 Å². The molecule has 1 aromatic carbocycles. The van der Waals surface area contributed by atoms with Gasteiger partial charge in [0.2, 0.25) is 0 Å². The number of para-hydroxylation sites is 1. The summed E-state index contributed by atoms with van der Waals surface area (Å²) in [6.45, 7) is 0. The molecule has 0 saturated carbocycles. The normalized spacial score (nSPS) is 29.3. The first-order valence-electron chi connectivity index (χ1n) is 8.18. The highest BCUT2D eigenvalue weighted by Crippen LogP contribution is 2.40. The highest BCUT2D eigenvalue weighted by molar-refractivity contribution is 7.92. The van der Waals surface area contributed by atoms with Crippen molar-refractivity contribution in [2.75, 3.05) is 0 Å². The molecule has 0 spiro atoms. The third-order valence-corrected chi connectivity index (χ3v) is 8.06. The van der Waals surface area contributed by atoms with Crippen LogP contribution in [0.1, 0.15) is 42.5 Å². The fourth-order valence-corrected chi connectivity index (χ4v) is 6.68. The van der Waals surface area contributed by atoms with Crippen LogP contribution in [0.2, 0.25) is 0 Å². The molecule has 2 unspecified atom stereocenters. The van der Waals surface area contributed by atoms with Crippen molar-refractivity contribution in [1.82, 2.24) is 4.98 Å². The smallest absolute Gasteiger partial charge is 0.168 e. The monoisotopic (exact) mass is 329 g/mol. The third-order valence-electron chi connectivity index (χ3n) is 5.35. The average molecular weight is 329 g/mol. The zero-order chi connectivity index (χ0) is 16.0. The number of aromatic nitrogens is 1. The summed E-state index contributed by atoms with van der Waals surface area (Å²) in [4.78, 5) is 17.4. The van der Waals surface area contributed by atoms with E-state index in [1.54, 1.807) is 6.20 Å². The molecule has 4 rings (SSSR count). The topological polar surface area (TPSA) is 64.1 Å². The molecule has 2 atom stereocenters. The van der Waals surface area contributed by atoms with Crippen LogP contribution >= 0.6 is 0 Å². The molecule has 1 aromatic heterocycles. The molecule has 2 aromatic rings. The number of pyridine rings is 1. The van der Waals surface area contributed by atoms with Crippen molar-refractivity contribution in [2.45, 2.75) is 42.6 Å². The Kier molecular flexibility index (Phi) is 3.48. The van der Waals surface area contributed by atoms with Gasteiger partial charge in [-0.3, -0.25) is 9.78 Å². The molecule has 0 aliphatic carbocycles. The number of carbonyl (C=O) groups is 1. The molecule has 2 bridgehead atoms. The maximum Gasteiger partial charge on any atom is 0.168 e. The van der Waals surface area contributed by atoms with Gasteiger partial charge < -0.3 is 0 Å². The second-order valence-corrected chi connectivity index (χ2v) is 9.19. The number of hydrogen-bond acceptors (Lipinski definition) is 4. The van der Waals surface area contributed by atoms with E-state index in [2.05, 4.69) is 4.98 Å². The van der Waals surface area contributed by atoms with E-state index in [9.17, 15) is 13.2 Å². The van der Waals surface area contributed by atoms with E-state index in [-0.39, 0.29) is 22.2 Å². The van der Waals surface area contributed by atoms with E-state index >= 15 is 0 Å². The van der Waals surface area contributed by atoms with Gasteiger partial charge in [0.05, 0.1) is 16.0 Å². The van der Waals surface area contributed by atoms with Crippen molar-refractivity contribution in [1.29, 1.82) is 0 Å². The van der Waals surface area contributed by atoms with Crippen LogP contribution in [-0.2, 0) is 9.84 Å². The lowest BCUT2D eigenvalue weighted by Gasteiger charge is -2.38. The number of nitrogens with zero attached hydrogens (tertiary/aromatic N) is 1. The zero-order valence-corrected chi connectivity index (χ0v) is 13.6. The summed E-state index contributed by atoms with van der Waals surface area (Å²) >= 11 is 0. The highest BCUT2D eigenvalue weighted by atomic mass is 32.2. The van der Waals surface area contributed by atoms with Gasteiger partial charge in [-0.05, 0) is 37.8 Å². The minimum absolute atomic E-state index is 0.0566. The van der Waals surface area contributed by atoms with Gasteiger partial charge >= 0.3 is 0 Å². The van der Waals surface area contributed by atoms with Gasteiger partial charge in [0.1, 0.15) is 0 Å². The SMILES string of the molecule is O=C(c1cccc2cccnc12)C1CC2CCCC(C1)S2(=O)=O. The molecule has 2 aliphatic rings. The van der Waals surface area contributed by atoms with E-state index in [1.807, 2.05) is 30.3 Å². The minimum Gasteiger partial charge on any atom is -0.294 e. The number of fused-ring (bicyclic) bond motifs is 3. The second-order valence-electron chi connectivity index (χ2n) is 6.68. The predicted molar refractivity (Wildman–Crippen MR) is 89.1 cm³/mol. The third kappa shape index (κ3) is 2.38. The fraction of sp³-hybridized carbons (Fsp3) is 0.444. The molecule has 5 heteroatoms. The first-order valence-corrected chi connectivity index (χ1v) is 9.79. The quantitative estimate of drug-likeness (QED) is 0.794. The van der Waals surface area contributed by atoms with E-state index in [1.165, 1.54) is 0 Å². The maximum atomic E-state index is 13.0. The molecule has 0 N–H and O–H groups in total. The number of carbonyl (C=O) groups excluding carboxylic acids is 1. The van der Waals surface area contributed by atoms with Crippen LogP contribution in [0.5, 0.6) is 0 Å². The van der Waals surface area contributed by atoms with Gasteiger partial charge in [0.25, 0.3) is 0 Å². The van der Waals surface area contributed by atoms with Crippen LogP contribution in [0.4, 0.5) is 0 Å². The molecule has 0 radical (unpaired) electrons. The average Bonchev–Trinajstić information content (AvgIpc) is 2.52. The standard InChI is InChI=1S/C18H19NO3S/c20-18(16-8-1-4-12-5-3-9-19-17(12)16)13-10-14-6-2-7-15(11-13)23(14,21)22/h1,3-5,8-9,13-15H,2,6-7,10-11H2. The lowest BCUT2D eigenvalue weighted by molar-refractivity contribution is 0.0895.